The predicted molar refractivity (Wildman–Crippen MR) is 116 cm³/mol. The lowest BCUT2D eigenvalue weighted by Crippen LogP contribution is -2.43. The van der Waals surface area contributed by atoms with E-state index in [0.29, 0.717) is 11.7 Å². The average molecular weight is 379 g/mol. The number of likely N-dealkylation sites (tertiary alicyclic amines) is 2. The van der Waals surface area contributed by atoms with Gasteiger partial charge in [0.1, 0.15) is 5.78 Å². The topological polar surface area (TPSA) is 23.6 Å². The summed E-state index contributed by atoms with van der Waals surface area (Å²) in [5, 5.41) is 0. The maximum atomic E-state index is 11.5. The molecule has 1 saturated carbocycles. The standard InChI is InChI=1S/C22H40N2O.C2H6/c1-3-19-8-12-23(13-9-19)17-21-10-14-24(15-11-21)16-20-4-6-22(7-5-20)18(2)25;1-2/h19-22H,3-17H2,1-2H3;1-2H3. The highest BCUT2D eigenvalue weighted by atomic mass is 16.1. The van der Waals surface area contributed by atoms with E-state index in [9.17, 15) is 4.79 Å². The predicted octanol–water partition coefficient (Wildman–Crippen LogP) is 5.24. The van der Waals surface area contributed by atoms with Crippen LogP contribution in [0.5, 0.6) is 0 Å². The van der Waals surface area contributed by atoms with Gasteiger partial charge in [-0.3, -0.25) is 4.79 Å². The molecule has 0 atom stereocenters. The number of Topliss-reactive ketones (excluding diaryl/α,β-unsaturated/α-hetero) is 1. The van der Waals surface area contributed by atoms with Crippen molar-refractivity contribution in [3.8, 4) is 0 Å². The van der Waals surface area contributed by atoms with Crippen molar-refractivity contribution in [2.75, 3.05) is 39.3 Å². The number of rotatable bonds is 6. The first kappa shape index (κ1) is 22.9. The molecule has 0 spiro atoms. The van der Waals surface area contributed by atoms with Crippen LogP contribution in [0.4, 0.5) is 0 Å². The summed E-state index contributed by atoms with van der Waals surface area (Å²) < 4.78 is 0. The molecule has 158 valence electrons. The summed E-state index contributed by atoms with van der Waals surface area (Å²) in [5.41, 5.74) is 0. The number of carbonyl (C=O) groups is 1. The fourth-order valence-electron chi connectivity index (χ4n) is 5.41. The van der Waals surface area contributed by atoms with Crippen LogP contribution in [0.15, 0.2) is 0 Å². The molecule has 3 rings (SSSR count). The molecule has 2 saturated heterocycles. The monoisotopic (exact) mass is 378 g/mol. The lowest BCUT2D eigenvalue weighted by Gasteiger charge is -2.39. The lowest BCUT2D eigenvalue weighted by atomic mass is 9.80. The van der Waals surface area contributed by atoms with Crippen LogP contribution in [0.1, 0.15) is 85.5 Å². The van der Waals surface area contributed by atoms with Crippen molar-refractivity contribution in [3.05, 3.63) is 0 Å². The van der Waals surface area contributed by atoms with Gasteiger partial charge in [0.25, 0.3) is 0 Å². The van der Waals surface area contributed by atoms with Crippen molar-refractivity contribution in [1.82, 2.24) is 9.80 Å². The third-order valence-corrected chi connectivity index (χ3v) is 7.45. The summed E-state index contributed by atoms with van der Waals surface area (Å²) in [6, 6.07) is 0. The highest BCUT2D eigenvalue weighted by Crippen LogP contribution is 2.31. The van der Waals surface area contributed by atoms with E-state index in [1.807, 2.05) is 13.8 Å². The van der Waals surface area contributed by atoms with Crippen molar-refractivity contribution >= 4 is 5.78 Å². The zero-order chi connectivity index (χ0) is 19.6. The second-order valence-corrected chi connectivity index (χ2v) is 9.22. The first-order valence-electron chi connectivity index (χ1n) is 12.1. The van der Waals surface area contributed by atoms with Gasteiger partial charge in [-0.1, -0.05) is 27.2 Å². The van der Waals surface area contributed by atoms with Crippen molar-refractivity contribution in [3.63, 3.8) is 0 Å². The van der Waals surface area contributed by atoms with E-state index in [4.69, 9.17) is 0 Å². The van der Waals surface area contributed by atoms with Crippen LogP contribution in [-0.4, -0.2) is 54.9 Å². The van der Waals surface area contributed by atoms with E-state index in [2.05, 4.69) is 16.7 Å². The van der Waals surface area contributed by atoms with Gasteiger partial charge in [0.15, 0.2) is 0 Å². The van der Waals surface area contributed by atoms with Crippen LogP contribution in [0.3, 0.4) is 0 Å². The molecule has 0 aromatic carbocycles. The Morgan fingerprint density at radius 2 is 1.11 bits per heavy atom. The Hall–Kier alpha value is -0.410. The van der Waals surface area contributed by atoms with Gasteiger partial charge in [0, 0.05) is 19.0 Å². The van der Waals surface area contributed by atoms with E-state index < -0.39 is 0 Å². The number of piperidine rings is 2. The van der Waals surface area contributed by atoms with Crippen LogP contribution in [0.2, 0.25) is 0 Å². The van der Waals surface area contributed by atoms with Gasteiger partial charge < -0.3 is 9.80 Å². The van der Waals surface area contributed by atoms with Crippen molar-refractivity contribution in [2.24, 2.45) is 23.7 Å². The second-order valence-electron chi connectivity index (χ2n) is 9.22. The van der Waals surface area contributed by atoms with Gasteiger partial charge in [-0.05, 0) is 102 Å². The molecule has 2 heterocycles. The Morgan fingerprint density at radius 3 is 1.52 bits per heavy atom. The Labute approximate surface area is 169 Å². The summed E-state index contributed by atoms with van der Waals surface area (Å²) in [5.74, 6) is 3.57. The molecule has 0 aromatic rings. The minimum absolute atomic E-state index is 0.374. The van der Waals surface area contributed by atoms with Crippen LogP contribution in [0, 0.1) is 23.7 Å². The molecule has 27 heavy (non-hydrogen) atoms. The lowest BCUT2D eigenvalue weighted by molar-refractivity contribution is -0.121. The van der Waals surface area contributed by atoms with Crippen LogP contribution < -0.4 is 0 Å². The molecule has 0 unspecified atom stereocenters. The molecular weight excluding hydrogens is 332 g/mol. The molecule has 3 fully saturated rings. The first-order chi connectivity index (χ1) is 13.1. The highest BCUT2D eigenvalue weighted by molar-refractivity contribution is 5.78. The molecule has 3 heteroatoms. The molecule has 0 radical (unpaired) electrons. The molecule has 2 aliphatic heterocycles. The fraction of sp³-hybridized carbons (Fsp3) is 0.958. The minimum Gasteiger partial charge on any atom is -0.303 e. The van der Waals surface area contributed by atoms with E-state index in [0.717, 1.165) is 30.6 Å². The van der Waals surface area contributed by atoms with Crippen LogP contribution >= 0.6 is 0 Å². The smallest absolute Gasteiger partial charge is 0.132 e. The van der Waals surface area contributed by atoms with E-state index in [-0.39, 0.29) is 0 Å². The first-order valence-corrected chi connectivity index (χ1v) is 12.1. The maximum absolute atomic E-state index is 11.5. The maximum Gasteiger partial charge on any atom is 0.132 e. The van der Waals surface area contributed by atoms with Gasteiger partial charge in [-0.15, -0.1) is 0 Å². The Bertz CT molecular complexity index is 401. The molecular formula is C24H46N2O. The van der Waals surface area contributed by atoms with E-state index in [1.54, 1.807) is 6.92 Å². The average Bonchev–Trinajstić information content (AvgIpc) is 2.72. The quantitative estimate of drug-likeness (QED) is 0.631. The Balaban J connectivity index is 0.00000126. The molecule has 3 aliphatic rings. The van der Waals surface area contributed by atoms with Gasteiger partial charge in [-0.25, -0.2) is 0 Å². The molecule has 0 bridgehead atoms. The molecule has 0 N–H and O–H groups in total. The van der Waals surface area contributed by atoms with E-state index in [1.165, 1.54) is 84.2 Å². The second kappa shape index (κ2) is 12.2. The summed E-state index contributed by atoms with van der Waals surface area (Å²) in [6.45, 7) is 16.1. The number of hydrogen-bond donors (Lipinski definition) is 0. The molecule has 0 aromatic heterocycles. The molecule has 3 nitrogen and oxygen atoms in total. The number of nitrogens with zero attached hydrogens (tertiary/aromatic N) is 2. The van der Waals surface area contributed by atoms with Crippen molar-refractivity contribution in [1.29, 1.82) is 0 Å². The van der Waals surface area contributed by atoms with Crippen molar-refractivity contribution < 1.29 is 4.79 Å². The van der Waals surface area contributed by atoms with Gasteiger partial charge in [0.2, 0.25) is 0 Å². The summed E-state index contributed by atoms with van der Waals surface area (Å²) >= 11 is 0. The minimum atomic E-state index is 0.374. The summed E-state index contributed by atoms with van der Waals surface area (Å²) in [4.78, 5) is 17.0. The third-order valence-electron chi connectivity index (χ3n) is 7.45. The largest absolute Gasteiger partial charge is 0.303 e. The number of carbonyl (C=O) groups excluding carboxylic acids is 1. The van der Waals surface area contributed by atoms with Crippen LogP contribution in [-0.2, 0) is 4.79 Å². The normalized spacial score (nSPS) is 29.2. The zero-order valence-corrected chi connectivity index (χ0v) is 18.7. The number of ketones is 1. The van der Waals surface area contributed by atoms with Crippen molar-refractivity contribution in [2.45, 2.75) is 85.5 Å². The van der Waals surface area contributed by atoms with Crippen LogP contribution in [0.25, 0.3) is 0 Å². The SMILES string of the molecule is CC.CCC1CCN(CC2CCN(CC3CCC(C(C)=O)CC3)CC2)CC1. The molecule has 0 amide bonds. The number of hydrogen-bond acceptors (Lipinski definition) is 3. The zero-order valence-electron chi connectivity index (χ0n) is 18.7. The van der Waals surface area contributed by atoms with Gasteiger partial charge >= 0.3 is 0 Å². The Morgan fingerprint density at radius 1 is 0.704 bits per heavy atom. The molecule has 1 aliphatic carbocycles. The van der Waals surface area contributed by atoms with Gasteiger partial charge in [0.05, 0.1) is 0 Å². The summed E-state index contributed by atoms with van der Waals surface area (Å²) in [7, 11) is 0. The Kier molecular flexibility index (Phi) is 10.3. The summed E-state index contributed by atoms with van der Waals surface area (Å²) in [6.07, 6.45) is 11.9. The fourth-order valence-corrected chi connectivity index (χ4v) is 5.41. The van der Waals surface area contributed by atoms with Gasteiger partial charge in [-0.2, -0.15) is 0 Å². The van der Waals surface area contributed by atoms with E-state index >= 15 is 0 Å². The third kappa shape index (κ3) is 7.49. The highest BCUT2D eigenvalue weighted by Gasteiger charge is 2.28.